The van der Waals surface area contributed by atoms with Gasteiger partial charge in [-0.05, 0) is 54.3 Å². The predicted octanol–water partition coefficient (Wildman–Crippen LogP) is 4.52. The van der Waals surface area contributed by atoms with Gasteiger partial charge in [-0.3, -0.25) is 14.4 Å². The van der Waals surface area contributed by atoms with Crippen molar-refractivity contribution in [1.82, 2.24) is 10.2 Å². The van der Waals surface area contributed by atoms with Crippen LogP contribution in [0.25, 0.3) is 0 Å². The van der Waals surface area contributed by atoms with Gasteiger partial charge in [-0.2, -0.15) is 0 Å². The van der Waals surface area contributed by atoms with Crippen LogP contribution in [0.4, 0.5) is 10.8 Å². The van der Waals surface area contributed by atoms with Crippen LogP contribution in [0.3, 0.4) is 0 Å². The Kier molecular flexibility index (Phi) is 6.12. The van der Waals surface area contributed by atoms with Crippen molar-refractivity contribution in [2.24, 2.45) is 0 Å². The molecular formula is C25H22N4O3S2. The first kappa shape index (κ1) is 22.2. The van der Waals surface area contributed by atoms with Crippen molar-refractivity contribution in [2.45, 2.75) is 24.2 Å². The Balaban J connectivity index is 1.29. The zero-order valence-electron chi connectivity index (χ0n) is 18.2. The largest absolute Gasteiger partial charge is 0.296 e. The number of carbonyl (C=O) groups is 1. The van der Waals surface area contributed by atoms with Gasteiger partial charge in [-0.25, -0.2) is 8.42 Å². The van der Waals surface area contributed by atoms with Gasteiger partial charge in [0.05, 0.1) is 10.6 Å². The number of fused-ring (bicyclic) bond motifs is 1. The molecule has 1 amide bonds. The van der Waals surface area contributed by atoms with E-state index in [-0.39, 0.29) is 10.8 Å². The fraction of sp³-hybridized carbons (Fsp3) is 0.160. The Labute approximate surface area is 202 Å². The molecule has 0 saturated heterocycles. The predicted molar refractivity (Wildman–Crippen MR) is 133 cm³/mol. The Hall–Kier alpha value is -3.56. The first-order valence-corrected chi connectivity index (χ1v) is 13.1. The SMILES string of the molecule is O=C(Nc1nnc(Cc2ccccc2)s1)c1ccc(S(=O)(=O)N2CCCc3ccccc32)cc1. The number of aryl methyl sites for hydroxylation is 1. The van der Waals surface area contributed by atoms with Gasteiger partial charge in [-0.15, -0.1) is 10.2 Å². The fourth-order valence-electron chi connectivity index (χ4n) is 3.97. The van der Waals surface area contributed by atoms with Crippen molar-refractivity contribution in [3.63, 3.8) is 0 Å². The van der Waals surface area contributed by atoms with Crippen LogP contribution in [-0.4, -0.2) is 31.1 Å². The summed E-state index contributed by atoms with van der Waals surface area (Å²) in [7, 11) is -3.72. The van der Waals surface area contributed by atoms with Gasteiger partial charge in [0.1, 0.15) is 5.01 Å². The molecule has 4 aromatic rings. The number of hydrogen-bond donors (Lipinski definition) is 1. The number of aromatic nitrogens is 2. The molecule has 0 saturated carbocycles. The third-order valence-corrected chi connectivity index (χ3v) is 8.32. The number of benzene rings is 3. The van der Waals surface area contributed by atoms with E-state index in [1.807, 2.05) is 54.6 Å². The van der Waals surface area contributed by atoms with Crippen molar-refractivity contribution in [3.05, 3.63) is 101 Å². The van der Waals surface area contributed by atoms with Crippen LogP contribution in [-0.2, 0) is 22.9 Å². The average Bonchev–Trinajstić information content (AvgIpc) is 3.30. The molecule has 172 valence electrons. The van der Waals surface area contributed by atoms with Gasteiger partial charge in [0.2, 0.25) is 5.13 Å². The summed E-state index contributed by atoms with van der Waals surface area (Å²) in [4.78, 5) is 12.8. The topological polar surface area (TPSA) is 92.3 Å². The molecule has 3 aromatic carbocycles. The van der Waals surface area contributed by atoms with Crippen molar-refractivity contribution >= 4 is 38.1 Å². The van der Waals surface area contributed by atoms with E-state index in [2.05, 4.69) is 15.5 Å². The number of sulfonamides is 1. The molecule has 1 N–H and O–H groups in total. The van der Waals surface area contributed by atoms with E-state index in [0.29, 0.717) is 23.7 Å². The fourth-order valence-corrected chi connectivity index (χ4v) is 6.28. The standard InChI is InChI=1S/C25H22N4O3S2/c30-24(26-25-28-27-23(33-25)17-18-7-2-1-3-8-18)20-12-14-21(15-13-20)34(31,32)29-16-6-10-19-9-4-5-11-22(19)29/h1-5,7-9,11-15H,6,10,16-17H2,(H,26,28,30). The first-order valence-electron chi connectivity index (χ1n) is 10.9. The molecule has 0 atom stereocenters. The van der Waals surface area contributed by atoms with Gasteiger partial charge in [0.25, 0.3) is 15.9 Å². The molecule has 2 heterocycles. The van der Waals surface area contributed by atoms with E-state index in [1.165, 1.54) is 39.9 Å². The Morgan fingerprint density at radius 2 is 1.68 bits per heavy atom. The molecule has 34 heavy (non-hydrogen) atoms. The second-order valence-electron chi connectivity index (χ2n) is 7.95. The quantitative estimate of drug-likeness (QED) is 0.429. The third-order valence-electron chi connectivity index (χ3n) is 5.66. The van der Waals surface area contributed by atoms with E-state index in [9.17, 15) is 13.2 Å². The zero-order valence-corrected chi connectivity index (χ0v) is 19.8. The van der Waals surface area contributed by atoms with Gasteiger partial charge in [0.15, 0.2) is 0 Å². The molecule has 0 fully saturated rings. The Morgan fingerprint density at radius 3 is 2.47 bits per heavy atom. The Morgan fingerprint density at radius 1 is 0.941 bits per heavy atom. The number of carbonyl (C=O) groups excluding carboxylic acids is 1. The number of nitrogens with zero attached hydrogens (tertiary/aromatic N) is 3. The maximum atomic E-state index is 13.3. The number of amides is 1. The summed E-state index contributed by atoms with van der Waals surface area (Å²) < 4.78 is 28.0. The van der Waals surface area contributed by atoms with Gasteiger partial charge in [0, 0.05) is 18.5 Å². The maximum Gasteiger partial charge on any atom is 0.264 e. The van der Waals surface area contributed by atoms with Crippen molar-refractivity contribution in [3.8, 4) is 0 Å². The molecule has 1 aliphatic rings. The highest BCUT2D eigenvalue weighted by Crippen LogP contribution is 2.31. The minimum absolute atomic E-state index is 0.154. The van der Waals surface area contributed by atoms with E-state index >= 15 is 0 Å². The third kappa shape index (κ3) is 4.57. The minimum atomic E-state index is -3.72. The number of nitrogens with one attached hydrogen (secondary N) is 1. The molecule has 0 unspecified atom stereocenters. The number of rotatable bonds is 6. The minimum Gasteiger partial charge on any atom is -0.296 e. The summed E-state index contributed by atoms with van der Waals surface area (Å²) in [6.07, 6.45) is 2.27. The average molecular weight is 491 g/mol. The van der Waals surface area contributed by atoms with Crippen LogP contribution in [0.5, 0.6) is 0 Å². The van der Waals surface area contributed by atoms with Gasteiger partial charge >= 0.3 is 0 Å². The summed E-state index contributed by atoms with van der Waals surface area (Å²) in [5.41, 5.74) is 3.21. The summed E-state index contributed by atoms with van der Waals surface area (Å²) in [5, 5.41) is 12.1. The van der Waals surface area contributed by atoms with Gasteiger partial charge in [-0.1, -0.05) is 59.9 Å². The summed E-state index contributed by atoms with van der Waals surface area (Å²) in [5.74, 6) is -0.366. The summed E-state index contributed by atoms with van der Waals surface area (Å²) >= 11 is 1.31. The second-order valence-corrected chi connectivity index (χ2v) is 10.9. The maximum absolute atomic E-state index is 13.3. The van der Waals surface area contributed by atoms with E-state index in [4.69, 9.17) is 0 Å². The Bertz CT molecular complexity index is 1420. The lowest BCUT2D eigenvalue weighted by Gasteiger charge is -2.30. The lowest BCUT2D eigenvalue weighted by Crippen LogP contribution is -2.35. The number of para-hydroxylation sites is 1. The van der Waals surface area contributed by atoms with Crippen LogP contribution in [0.15, 0.2) is 83.8 Å². The van der Waals surface area contributed by atoms with Crippen LogP contribution in [0.1, 0.15) is 32.9 Å². The molecule has 0 radical (unpaired) electrons. The number of anilines is 2. The first-order chi connectivity index (χ1) is 16.5. The van der Waals surface area contributed by atoms with E-state index < -0.39 is 10.0 Å². The van der Waals surface area contributed by atoms with Crippen LogP contribution < -0.4 is 9.62 Å². The molecule has 0 bridgehead atoms. The highest BCUT2D eigenvalue weighted by atomic mass is 32.2. The van der Waals surface area contributed by atoms with Crippen molar-refractivity contribution < 1.29 is 13.2 Å². The molecule has 0 aliphatic carbocycles. The lowest BCUT2D eigenvalue weighted by atomic mass is 10.0. The smallest absolute Gasteiger partial charge is 0.264 e. The van der Waals surface area contributed by atoms with Crippen LogP contribution in [0, 0.1) is 0 Å². The summed E-state index contributed by atoms with van der Waals surface area (Å²) in [6.45, 7) is 0.434. The lowest BCUT2D eigenvalue weighted by molar-refractivity contribution is 0.102. The number of hydrogen-bond acceptors (Lipinski definition) is 6. The molecule has 1 aliphatic heterocycles. The molecular weight excluding hydrogens is 468 g/mol. The highest BCUT2D eigenvalue weighted by molar-refractivity contribution is 7.92. The molecule has 9 heteroatoms. The van der Waals surface area contributed by atoms with Crippen LogP contribution in [0.2, 0.25) is 0 Å². The van der Waals surface area contributed by atoms with Crippen LogP contribution >= 0.6 is 11.3 Å². The van der Waals surface area contributed by atoms with Gasteiger partial charge < -0.3 is 0 Å². The molecule has 7 nitrogen and oxygen atoms in total. The molecule has 5 rings (SSSR count). The second kappa shape index (κ2) is 9.36. The zero-order chi connectivity index (χ0) is 23.5. The monoisotopic (exact) mass is 490 g/mol. The highest BCUT2D eigenvalue weighted by Gasteiger charge is 2.29. The van der Waals surface area contributed by atoms with E-state index in [0.717, 1.165) is 34.7 Å². The molecule has 0 spiro atoms. The van der Waals surface area contributed by atoms with E-state index in [1.54, 1.807) is 0 Å². The normalized spacial score (nSPS) is 13.4. The van der Waals surface area contributed by atoms with Crippen molar-refractivity contribution in [2.75, 3.05) is 16.2 Å². The summed E-state index contributed by atoms with van der Waals surface area (Å²) in [6, 6.07) is 23.5. The molecule has 1 aromatic heterocycles. The van der Waals surface area contributed by atoms with Crippen molar-refractivity contribution in [1.29, 1.82) is 0 Å².